The highest BCUT2D eigenvalue weighted by atomic mass is 31.2. The maximum absolute atomic E-state index is 12.6. The number of phosphoric acid groups is 1. The molecule has 0 fully saturated rings. The van der Waals surface area contributed by atoms with E-state index in [1.54, 1.807) is 0 Å². The molecule has 0 aromatic rings. The average Bonchev–Trinajstić information content (AvgIpc) is 3.14. The Balaban J connectivity index is 4.50. The SMILES string of the molecule is CC/C=C/C=C/C=C/C=C/CCCCCCCC(=O)OC[C@H](COP(=O)(O)OC[C@H](N)C(=O)O)OC(=O)CCCCCCC/C=C/C/C=C/CCCCC. The number of allylic oxidation sites excluding steroid dienone is 12. The van der Waals surface area contributed by atoms with Crippen LogP contribution in [0, 0.1) is 0 Å². The standard InChI is InChI=1S/C42H70NO10P/c1-3-5-7-9-11-13-15-17-19-21-23-25-27-29-31-33-40(44)50-35-38(36-51-54(48,49)52-37-39(43)42(46)47)53-41(45)34-32-30-28-26-24-22-20-18-16-14-12-10-8-6-4-2/h5,7,9,11-15,17-20,38-39H,3-4,6,8,10,16,21-37,43H2,1-2H3,(H,46,47)(H,48,49)/b7-5+,11-9+,14-12+,15-13+,19-17+,20-18+/t38-,39+/m1/s1. The van der Waals surface area contributed by atoms with Crippen LogP contribution in [0.5, 0.6) is 0 Å². The molecule has 4 N–H and O–H groups in total. The lowest BCUT2D eigenvalue weighted by Crippen LogP contribution is -2.34. The second-order valence-electron chi connectivity index (χ2n) is 13.1. The lowest BCUT2D eigenvalue weighted by molar-refractivity contribution is -0.161. The van der Waals surface area contributed by atoms with E-state index < -0.39 is 51.1 Å². The van der Waals surface area contributed by atoms with Crippen molar-refractivity contribution < 1.29 is 47.5 Å². The van der Waals surface area contributed by atoms with Crippen LogP contribution in [-0.4, -0.2) is 59.9 Å². The van der Waals surface area contributed by atoms with E-state index in [1.807, 2.05) is 36.5 Å². The average molecular weight is 780 g/mol. The number of carbonyl (C=O) groups excluding carboxylic acids is 2. The summed E-state index contributed by atoms with van der Waals surface area (Å²) in [6, 6.07) is -1.53. The van der Waals surface area contributed by atoms with Crippen molar-refractivity contribution in [2.24, 2.45) is 5.73 Å². The summed E-state index contributed by atoms with van der Waals surface area (Å²) in [7, 11) is -4.73. The molecule has 54 heavy (non-hydrogen) atoms. The first kappa shape index (κ1) is 50.9. The number of aliphatic carboxylic acids is 1. The maximum Gasteiger partial charge on any atom is 0.472 e. The fourth-order valence-corrected chi connectivity index (χ4v) is 5.65. The number of rotatable bonds is 36. The Bertz CT molecular complexity index is 1190. The number of carboxylic acids is 1. The van der Waals surface area contributed by atoms with Gasteiger partial charge in [-0.1, -0.05) is 138 Å². The van der Waals surface area contributed by atoms with Crippen molar-refractivity contribution in [3.05, 3.63) is 72.9 Å². The zero-order chi connectivity index (χ0) is 40.0. The number of phosphoric ester groups is 1. The summed E-state index contributed by atoms with van der Waals surface area (Å²) in [6.45, 7) is 2.57. The zero-order valence-electron chi connectivity index (χ0n) is 33.0. The van der Waals surface area contributed by atoms with Crippen molar-refractivity contribution in [3.63, 3.8) is 0 Å². The lowest BCUT2D eigenvalue weighted by Gasteiger charge is -2.20. The van der Waals surface area contributed by atoms with E-state index in [0.29, 0.717) is 12.8 Å². The highest BCUT2D eigenvalue weighted by molar-refractivity contribution is 7.47. The number of carbonyl (C=O) groups is 3. The van der Waals surface area contributed by atoms with E-state index in [4.69, 9.17) is 24.8 Å². The molecule has 308 valence electrons. The quantitative estimate of drug-likeness (QED) is 0.0182. The normalized spacial score (nSPS) is 14.6. The molecule has 0 spiro atoms. The minimum absolute atomic E-state index is 0.135. The second-order valence-corrected chi connectivity index (χ2v) is 14.6. The van der Waals surface area contributed by atoms with Crippen LogP contribution in [0.25, 0.3) is 0 Å². The van der Waals surface area contributed by atoms with Gasteiger partial charge in [-0.05, 0) is 64.2 Å². The molecule has 0 radical (unpaired) electrons. The van der Waals surface area contributed by atoms with E-state index in [2.05, 4.69) is 54.8 Å². The highest BCUT2D eigenvalue weighted by Crippen LogP contribution is 2.43. The van der Waals surface area contributed by atoms with E-state index in [-0.39, 0.29) is 19.4 Å². The van der Waals surface area contributed by atoms with Crippen molar-refractivity contribution in [1.29, 1.82) is 0 Å². The molecule has 11 nitrogen and oxygen atoms in total. The van der Waals surface area contributed by atoms with Gasteiger partial charge >= 0.3 is 25.7 Å². The van der Waals surface area contributed by atoms with E-state index in [9.17, 15) is 23.8 Å². The summed E-state index contributed by atoms with van der Waals surface area (Å²) in [6.07, 6.45) is 42.5. The van der Waals surface area contributed by atoms with Crippen LogP contribution in [0.3, 0.4) is 0 Å². The number of hydrogen-bond donors (Lipinski definition) is 3. The molecule has 0 aliphatic rings. The van der Waals surface area contributed by atoms with E-state index in [1.165, 1.54) is 19.3 Å². The van der Waals surface area contributed by atoms with E-state index in [0.717, 1.165) is 83.5 Å². The molecule has 0 heterocycles. The van der Waals surface area contributed by atoms with Crippen LogP contribution < -0.4 is 5.73 Å². The van der Waals surface area contributed by atoms with Crippen LogP contribution >= 0.6 is 7.82 Å². The van der Waals surface area contributed by atoms with Crippen molar-refractivity contribution in [2.75, 3.05) is 19.8 Å². The van der Waals surface area contributed by atoms with Gasteiger partial charge in [0.25, 0.3) is 0 Å². The Kier molecular flexibility index (Phi) is 34.8. The van der Waals surface area contributed by atoms with Gasteiger partial charge in [0.15, 0.2) is 6.10 Å². The third-order valence-corrected chi connectivity index (χ3v) is 8.98. The molecular formula is C42H70NO10P. The second kappa shape index (κ2) is 36.9. The molecule has 3 atom stereocenters. The predicted octanol–water partition coefficient (Wildman–Crippen LogP) is 10.2. The molecular weight excluding hydrogens is 709 g/mol. The van der Waals surface area contributed by atoms with Gasteiger partial charge in [-0.2, -0.15) is 0 Å². The first-order valence-corrected chi connectivity index (χ1v) is 21.5. The van der Waals surface area contributed by atoms with Gasteiger partial charge < -0.3 is 25.2 Å². The molecule has 0 aliphatic heterocycles. The number of hydrogen-bond acceptors (Lipinski definition) is 9. The van der Waals surface area contributed by atoms with Gasteiger partial charge in [-0.15, -0.1) is 0 Å². The Morgan fingerprint density at radius 1 is 0.611 bits per heavy atom. The van der Waals surface area contributed by atoms with Crippen molar-refractivity contribution in [3.8, 4) is 0 Å². The van der Waals surface area contributed by atoms with Gasteiger partial charge in [-0.3, -0.25) is 23.4 Å². The maximum atomic E-state index is 12.6. The van der Waals surface area contributed by atoms with Crippen LogP contribution in [0.2, 0.25) is 0 Å². The molecule has 12 heteroatoms. The first-order valence-electron chi connectivity index (χ1n) is 20.0. The van der Waals surface area contributed by atoms with Gasteiger partial charge in [0.2, 0.25) is 0 Å². The predicted molar refractivity (Wildman–Crippen MR) is 217 cm³/mol. The van der Waals surface area contributed by atoms with Gasteiger partial charge in [-0.25, -0.2) is 4.57 Å². The summed E-state index contributed by atoms with van der Waals surface area (Å²) in [5.74, 6) is -2.44. The smallest absolute Gasteiger partial charge is 0.472 e. The van der Waals surface area contributed by atoms with Crippen molar-refractivity contribution >= 4 is 25.7 Å². The molecule has 0 aromatic heterocycles. The number of unbranched alkanes of at least 4 members (excludes halogenated alkanes) is 13. The number of carboxylic acid groups (broad SMARTS) is 1. The summed E-state index contributed by atoms with van der Waals surface area (Å²) in [4.78, 5) is 45.8. The van der Waals surface area contributed by atoms with Crippen LogP contribution in [0.1, 0.15) is 142 Å². The monoisotopic (exact) mass is 779 g/mol. The summed E-state index contributed by atoms with van der Waals surface area (Å²) < 4.78 is 32.6. The Morgan fingerprint density at radius 3 is 1.70 bits per heavy atom. The molecule has 0 aromatic carbocycles. The van der Waals surface area contributed by atoms with Crippen molar-refractivity contribution in [1.82, 2.24) is 0 Å². The number of ether oxygens (including phenoxy) is 2. The largest absolute Gasteiger partial charge is 0.480 e. The molecule has 0 saturated heterocycles. The molecule has 0 amide bonds. The molecule has 1 unspecified atom stereocenters. The zero-order valence-corrected chi connectivity index (χ0v) is 33.9. The van der Waals surface area contributed by atoms with Crippen LogP contribution in [0.4, 0.5) is 0 Å². The number of esters is 2. The fourth-order valence-electron chi connectivity index (χ4n) is 4.87. The lowest BCUT2D eigenvalue weighted by atomic mass is 10.1. The van der Waals surface area contributed by atoms with E-state index >= 15 is 0 Å². The van der Waals surface area contributed by atoms with Crippen molar-refractivity contribution in [2.45, 2.75) is 154 Å². The van der Waals surface area contributed by atoms with Gasteiger partial charge in [0.05, 0.1) is 13.2 Å². The summed E-state index contributed by atoms with van der Waals surface area (Å²) >= 11 is 0. The van der Waals surface area contributed by atoms with Crippen LogP contribution in [-0.2, 0) is 37.5 Å². The van der Waals surface area contributed by atoms with Gasteiger partial charge in [0.1, 0.15) is 12.6 Å². The fraction of sp³-hybridized carbons (Fsp3) is 0.643. The Labute approximate surface area is 325 Å². The van der Waals surface area contributed by atoms with Gasteiger partial charge in [0, 0.05) is 12.8 Å². The molecule has 0 bridgehead atoms. The third kappa shape index (κ3) is 35.9. The number of nitrogens with two attached hydrogens (primary N) is 1. The Hall–Kier alpha value is -3.08. The Morgan fingerprint density at radius 2 is 1.11 bits per heavy atom. The first-order chi connectivity index (χ1) is 26.1. The summed E-state index contributed by atoms with van der Waals surface area (Å²) in [5.41, 5.74) is 5.32. The molecule has 0 saturated carbocycles. The summed E-state index contributed by atoms with van der Waals surface area (Å²) in [5, 5.41) is 8.87. The third-order valence-electron chi connectivity index (χ3n) is 8.03. The highest BCUT2D eigenvalue weighted by Gasteiger charge is 2.28. The molecule has 0 rings (SSSR count). The minimum atomic E-state index is -4.73. The molecule has 0 aliphatic carbocycles. The van der Waals surface area contributed by atoms with Crippen LogP contribution in [0.15, 0.2) is 72.9 Å². The minimum Gasteiger partial charge on any atom is -0.480 e. The topological polar surface area (TPSA) is 172 Å².